The zero-order valence-corrected chi connectivity index (χ0v) is 17.4. The quantitative estimate of drug-likeness (QED) is 0.642. The number of hydrogen-bond acceptors (Lipinski definition) is 5. The van der Waals surface area contributed by atoms with Crippen molar-refractivity contribution in [1.82, 2.24) is 15.2 Å². The minimum atomic E-state index is -0.381. The predicted octanol–water partition coefficient (Wildman–Crippen LogP) is 3.66. The van der Waals surface area contributed by atoms with Crippen LogP contribution in [0.2, 0.25) is 0 Å². The van der Waals surface area contributed by atoms with E-state index in [0.29, 0.717) is 30.1 Å². The van der Waals surface area contributed by atoms with Gasteiger partial charge < -0.3 is 10.6 Å². The van der Waals surface area contributed by atoms with Crippen LogP contribution in [0.4, 0.5) is 9.52 Å². The number of thiazole rings is 1. The Balaban J connectivity index is 1.35. The lowest BCUT2D eigenvalue weighted by Gasteiger charge is -2.30. The number of benzene rings is 1. The fourth-order valence-electron chi connectivity index (χ4n) is 3.43. The van der Waals surface area contributed by atoms with Gasteiger partial charge in [-0.05, 0) is 56.0 Å². The third kappa shape index (κ3) is 6.90. The Hall–Kier alpha value is -2.32. The van der Waals surface area contributed by atoms with Crippen LogP contribution < -0.4 is 10.6 Å². The lowest BCUT2D eigenvalue weighted by atomic mass is 10.0. The largest absolute Gasteiger partial charge is 0.352 e. The molecule has 29 heavy (non-hydrogen) atoms. The third-order valence-electron chi connectivity index (χ3n) is 4.90. The van der Waals surface area contributed by atoms with Gasteiger partial charge in [0.25, 0.3) is 5.91 Å². The van der Waals surface area contributed by atoms with Crippen molar-refractivity contribution in [2.24, 2.45) is 5.92 Å². The van der Waals surface area contributed by atoms with Gasteiger partial charge in [-0.2, -0.15) is 0 Å². The Kier molecular flexibility index (Phi) is 7.71. The molecule has 3 rings (SSSR count). The van der Waals surface area contributed by atoms with Gasteiger partial charge in [-0.3, -0.25) is 14.5 Å². The first-order chi connectivity index (χ1) is 14.0. The van der Waals surface area contributed by atoms with Gasteiger partial charge >= 0.3 is 0 Å². The van der Waals surface area contributed by atoms with Crippen molar-refractivity contribution in [2.75, 3.05) is 25.0 Å². The Morgan fingerprint density at radius 2 is 2.10 bits per heavy atom. The average molecular weight is 419 g/mol. The van der Waals surface area contributed by atoms with Gasteiger partial charge in [0, 0.05) is 37.0 Å². The second-order valence-corrected chi connectivity index (χ2v) is 8.40. The molecule has 2 aromatic rings. The van der Waals surface area contributed by atoms with Crippen molar-refractivity contribution < 1.29 is 14.0 Å². The monoisotopic (exact) mass is 418 g/mol. The minimum Gasteiger partial charge on any atom is -0.352 e. The normalized spacial score (nSPS) is 17.1. The molecule has 2 heterocycles. The maximum absolute atomic E-state index is 12.9. The summed E-state index contributed by atoms with van der Waals surface area (Å²) in [6.45, 7) is 5.68. The standard InChI is InChI=1S/C21H27FN4O2S/c1-15-4-3-11-26(12-15)13-18-14-29-21(24-18)25-19(27)5-2-10-23-20(28)16-6-8-17(22)9-7-16/h6-9,14-15H,2-5,10-13H2,1H3,(H,23,28)(H,24,25,27). The highest BCUT2D eigenvalue weighted by molar-refractivity contribution is 7.13. The topological polar surface area (TPSA) is 74.3 Å². The molecule has 2 N–H and O–H groups in total. The van der Waals surface area contributed by atoms with E-state index in [-0.39, 0.29) is 17.6 Å². The van der Waals surface area contributed by atoms with Gasteiger partial charge in [0.1, 0.15) is 5.82 Å². The van der Waals surface area contributed by atoms with E-state index in [4.69, 9.17) is 0 Å². The molecule has 0 radical (unpaired) electrons. The van der Waals surface area contributed by atoms with Crippen LogP contribution in [0.1, 0.15) is 48.7 Å². The second-order valence-electron chi connectivity index (χ2n) is 7.54. The molecule has 0 spiro atoms. The zero-order valence-electron chi connectivity index (χ0n) is 16.6. The molecule has 1 aliphatic heterocycles. The second kappa shape index (κ2) is 10.5. The van der Waals surface area contributed by atoms with E-state index >= 15 is 0 Å². The first-order valence-electron chi connectivity index (χ1n) is 10.00. The first kappa shape index (κ1) is 21.4. The van der Waals surface area contributed by atoms with E-state index in [2.05, 4.69) is 27.4 Å². The van der Waals surface area contributed by atoms with Crippen molar-refractivity contribution in [1.29, 1.82) is 0 Å². The van der Waals surface area contributed by atoms with Gasteiger partial charge in [0.2, 0.25) is 5.91 Å². The SMILES string of the molecule is CC1CCCN(Cc2csc(NC(=O)CCCNC(=O)c3ccc(F)cc3)n2)C1. The van der Waals surface area contributed by atoms with E-state index in [9.17, 15) is 14.0 Å². The molecule has 1 aromatic carbocycles. The van der Waals surface area contributed by atoms with E-state index in [1.807, 2.05) is 5.38 Å². The van der Waals surface area contributed by atoms with Crippen LogP contribution in [0.15, 0.2) is 29.6 Å². The van der Waals surface area contributed by atoms with Crippen LogP contribution in [-0.4, -0.2) is 41.3 Å². The maximum atomic E-state index is 12.9. The molecule has 1 atom stereocenters. The van der Waals surface area contributed by atoms with Crippen LogP contribution in [0, 0.1) is 11.7 Å². The maximum Gasteiger partial charge on any atom is 0.251 e. The average Bonchev–Trinajstić information content (AvgIpc) is 3.12. The fourth-order valence-corrected chi connectivity index (χ4v) is 4.15. The summed E-state index contributed by atoms with van der Waals surface area (Å²) in [6.07, 6.45) is 3.33. The number of nitrogens with one attached hydrogen (secondary N) is 2. The summed E-state index contributed by atoms with van der Waals surface area (Å²) in [6, 6.07) is 5.36. The van der Waals surface area contributed by atoms with Gasteiger partial charge in [0.15, 0.2) is 5.13 Å². The Morgan fingerprint density at radius 3 is 2.86 bits per heavy atom. The lowest BCUT2D eigenvalue weighted by Crippen LogP contribution is -2.33. The smallest absolute Gasteiger partial charge is 0.251 e. The predicted molar refractivity (Wildman–Crippen MR) is 112 cm³/mol. The number of likely N-dealkylation sites (tertiary alicyclic amines) is 1. The Bertz CT molecular complexity index is 824. The minimum absolute atomic E-state index is 0.117. The van der Waals surface area contributed by atoms with E-state index < -0.39 is 0 Å². The molecular weight excluding hydrogens is 391 g/mol. The van der Waals surface area contributed by atoms with Crippen LogP contribution in [0.5, 0.6) is 0 Å². The summed E-state index contributed by atoms with van der Waals surface area (Å²) < 4.78 is 12.9. The van der Waals surface area contributed by atoms with Crippen molar-refractivity contribution in [3.63, 3.8) is 0 Å². The Labute approximate surface area is 174 Å². The number of carbonyl (C=O) groups excluding carboxylic acids is 2. The number of anilines is 1. The number of hydrogen-bond donors (Lipinski definition) is 2. The number of piperidine rings is 1. The van der Waals surface area contributed by atoms with Gasteiger partial charge in [0.05, 0.1) is 5.69 Å². The van der Waals surface area contributed by atoms with Gasteiger partial charge in [-0.1, -0.05) is 6.92 Å². The molecule has 8 heteroatoms. The number of amides is 2. The number of aromatic nitrogens is 1. The molecule has 1 saturated heterocycles. The van der Waals surface area contributed by atoms with Crippen molar-refractivity contribution >= 4 is 28.3 Å². The number of carbonyl (C=O) groups is 2. The van der Waals surface area contributed by atoms with Gasteiger partial charge in [-0.15, -0.1) is 11.3 Å². The van der Waals surface area contributed by atoms with E-state index in [0.717, 1.165) is 31.2 Å². The number of rotatable bonds is 8. The molecule has 1 aromatic heterocycles. The molecule has 6 nitrogen and oxygen atoms in total. The molecule has 1 fully saturated rings. The molecule has 1 aliphatic rings. The highest BCUT2D eigenvalue weighted by atomic mass is 32.1. The molecule has 1 unspecified atom stereocenters. The van der Waals surface area contributed by atoms with Crippen molar-refractivity contribution in [2.45, 2.75) is 39.2 Å². The van der Waals surface area contributed by atoms with Crippen LogP contribution in [-0.2, 0) is 11.3 Å². The lowest BCUT2D eigenvalue weighted by molar-refractivity contribution is -0.116. The summed E-state index contributed by atoms with van der Waals surface area (Å²) in [5.41, 5.74) is 1.39. The van der Waals surface area contributed by atoms with Crippen LogP contribution >= 0.6 is 11.3 Å². The number of halogens is 1. The van der Waals surface area contributed by atoms with E-state index in [1.54, 1.807) is 0 Å². The van der Waals surface area contributed by atoms with Gasteiger partial charge in [-0.25, -0.2) is 9.37 Å². The van der Waals surface area contributed by atoms with E-state index in [1.165, 1.54) is 48.4 Å². The molecule has 0 aliphatic carbocycles. The summed E-state index contributed by atoms with van der Waals surface area (Å²) in [7, 11) is 0. The van der Waals surface area contributed by atoms with Crippen molar-refractivity contribution in [3.05, 3.63) is 46.7 Å². The molecule has 2 amide bonds. The molecular formula is C21H27FN4O2S. The first-order valence-corrected chi connectivity index (χ1v) is 10.9. The molecule has 0 bridgehead atoms. The van der Waals surface area contributed by atoms with Crippen LogP contribution in [0.3, 0.4) is 0 Å². The summed E-state index contributed by atoms with van der Waals surface area (Å²) in [5, 5.41) is 8.17. The zero-order chi connectivity index (χ0) is 20.6. The molecule has 0 saturated carbocycles. The van der Waals surface area contributed by atoms with Crippen LogP contribution in [0.25, 0.3) is 0 Å². The Morgan fingerprint density at radius 1 is 1.31 bits per heavy atom. The number of nitrogens with zero attached hydrogens (tertiary/aromatic N) is 2. The molecule has 156 valence electrons. The highest BCUT2D eigenvalue weighted by Crippen LogP contribution is 2.21. The fraction of sp³-hybridized carbons (Fsp3) is 0.476. The summed E-state index contributed by atoms with van der Waals surface area (Å²) >= 11 is 1.44. The van der Waals surface area contributed by atoms with Crippen molar-refractivity contribution in [3.8, 4) is 0 Å². The summed E-state index contributed by atoms with van der Waals surface area (Å²) in [4.78, 5) is 31.0. The third-order valence-corrected chi connectivity index (χ3v) is 5.70. The summed E-state index contributed by atoms with van der Waals surface area (Å²) in [5.74, 6) is -0.0466. The highest BCUT2D eigenvalue weighted by Gasteiger charge is 2.17.